The van der Waals surface area contributed by atoms with Gasteiger partial charge in [-0.05, 0) is 61.3 Å². The van der Waals surface area contributed by atoms with Crippen LogP contribution in [0.5, 0.6) is 0 Å². The number of carbonyl (C=O) groups excluding carboxylic acids is 4. The van der Waals surface area contributed by atoms with Crippen molar-refractivity contribution in [3.05, 3.63) is 42.0 Å². The first-order valence-electron chi connectivity index (χ1n) is 9.40. The molecule has 6 rings (SSSR count). The number of rotatable bonds is 4. The number of likely N-dealkylation sites (tertiary alicyclic amines) is 1. The first-order chi connectivity index (χ1) is 13.0. The number of benzene rings is 1. The van der Waals surface area contributed by atoms with E-state index in [1.807, 2.05) is 0 Å². The highest BCUT2D eigenvalue weighted by Crippen LogP contribution is 2.65. The highest BCUT2D eigenvalue weighted by molar-refractivity contribution is 6.09. The van der Waals surface area contributed by atoms with Gasteiger partial charge in [-0.3, -0.25) is 24.1 Å². The van der Waals surface area contributed by atoms with E-state index in [2.05, 4.69) is 17.5 Å². The van der Waals surface area contributed by atoms with E-state index in [-0.39, 0.29) is 47.8 Å². The fourth-order valence-electron chi connectivity index (χ4n) is 5.31. The zero-order valence-corrected chi connectivity index (χ0v) is 14.9. The van der Waals surface area contributed by atoms with Gasteiger partial charge in [-0.25, -0.2) is 0 Å². The molecule has 3 fully saturated rings. The lowest BCUT2D eigenvalue weighted by Crippen LogP contribution is -2.40. The van der Waals surface area contributed by atoms with Gasteiger partial charge in [-0.15, -0.1) is 0 Å². The van der Waals surface area contributed by atoms with Gasteiger partial charge in [0.05, 0.1) is 11.8 Å². The number of imide groups is 1. The lowest BCUT2D eigenvalue weighted by Gasteiger charge is -2.37. The van der Waals surface area contributed by atoms with Crippen molar-refractivity contribution in [1.82, 2.24) is 4.90 Å². The quantitative estimate of drug-likeness (QED) is 0.502. The van der Waals surface area contributed by atoms with Crippen LogP contribution in [0, 0.1) is 35.5 Å². The van der Waals surface area contributed by atoms with E-state index < -0.39 is 5.91 Å². The van der Waals surface area contributed by atoms with E-state index in [4.69, 9.17) is 0 Å². The van der Waals surface area contributed by atoms with E-state index in [0.29, 0.717) is 23.1 Å². The van der Waals surface area contributed by atoms with Gasteiger partial charge < -0.3 is 5.32 Å². The molecule has 6 nitrogen and oxygen atoms in total. The standard InChI is InChI=1S/C21H20N2O4/c1-10(24)11-2-4-12(5-3-11)22-17(25)9-23-20(26)18-13-6-7-14(16-8-15(13)16)19(18)21(23)27/h2-7,13-16,18-19H,8-9H2,1H3,(H,22,25)/t13-,14-,15-,16-,18+,19+/m0/s1. The molecule has 3 amide bonds. The molecule has 1 N–H and O–H groups in total. The van der Waals surface area contributed by atoms with Crippen LogP contribution in [0.25, 0.3) is 0 Å². The van der Waals surface area contributed by atoms with E-state index in [1.54, 1.807) is 24.3 Å². The molecule has 27 heavy (non-hydrogen) atoms. The Bertz CT molecular complexity index is 867. The van der Waals surface area contributed by atoms with Crippen molar-refractivity contribution in [2.24, 2.45) is 35.5 Å². The summed E-state index contributed by atoms with van der Waals surface area (Å²) in [5.74, 6) is 0.00757. The van der Waals surface area contributed by atoms with Crippen LogP contribution >= 0.6 is 0 Å². The number of hydrogen-bond donors (Lipinski definition) is 1. The average molecular weight is 364 g/mol. The van der Waals surface area contributed by atoms with Crippen molar-refractivity contribution >= 4 is 29.2 Å². The van der Waals surface area contributed by atoms with Crippen LogP contribution in [0.1, 0.15) is 23.7 Å². The summed E-state index contributed by atoms with van der Waals surface area (Å²) in [6, 6.07) is 6.54. The van der Waals surface area contributed by atoms with Gasteiger partial charge in [-0.1, -0.05) is 12.2 Å². The summed E-state index contributed by atoms with van der Waals surface area (Å²) in [5, 5.41) is 2.70. The number of anilines is 1. The van der Waals surface area contributed by atoms with Crippen LogP contribution < -0.4 is 5.32 Å². The van der Waals surface area contributed by atoms with Crippen molar-refractivity contribution in [3.8, 4) is 0 Å². The second kappa shape index (κ2) is 5.62. The molecule has 1 saturated heterocycles. The molecule has 4 aliphatic carbocycles. The molecule has 1 aromatic rings. The van der Waals surface area contributed by atoms with Crippen molar-refractivity contribution < 1.29 is 19.2 Å². The Hall–Kier alpha value is -2.76. The SMILES string of the molecule is CC(=O)c1ccc(NC(=O)CN2C(=O)[C@@H]3[C@H]4C=C[C@@H]([C@@H]5C[C@@H]45)[C@H]3C2=O)cc1. The molecule has 1 heterocycles. The molecule has 1 aliphatic heterocycles. The number of ketones is 1. The van der Waals surface area contributed by atoms with Gasteiger partial charge in [0.2, 0.25) is 17.7 Å². The molecule has 2 bridgehead atoms. The number of carbonyl (C=O) groups is 4. The zero-order chi connectivity index (χ0) is 18.9. The maximum atomic E-state index is 12.9. The number of amides is 3. The fourth-order valence-corrected chi connectivity index (χ4v) is 5.31. The van der Waals surface area contributed by atoms with Crippen molar-refractivity contribution in [1.29, 1.82) is 0 Å². The summed E-state index contributed by atoms with van der Waals surface area (Å²) in [6.07, 6.45) is 5.35. The molecule has 0 unspecified atom stereocenters. The summed E-state index contributed by atoms with van der Waals surface area (Å²) in [4.78, 5) is 50.6. The molecular weight excluding hydrogens is 344 g/mol. The Labute approximate surface area is 156 Å². The molecule has 1 aromatic carbocycles. The van der Waals surface area contributed by atoms with Crippen LogP contribution in [0.2, 0.25) is 0 Å². The second-order valence-electron chi connectivity index (χ2n) is 8.10. The predicted molar refractivity (Wildman–Crippen MR) is 96.5 cm³/mol. The summed E-state index contributed by atoms with van der Waals surface area (Å²) >= 11 is 0. The van der Waals surface area contributed by atoms with Crippen LogP contribution in [-0.4, -0.2) is 34.9 Å². The summed E-state index contributed by atoms with van der Waals surface area (Å²) in [5.41, 5.74) is 1.09. The van der Waals surface area contributed by atoms with Gasteiger partial charge in [0.25, 0.3) is 0 Å². The zero-order valence-electron chi connectivity index (χ0n) is 14.9. The molecule has 0 aromatic heterocycles. The first-order valence-corrected chi connectivity index (χ1v) is 9.40. The van der Waals surface area contributed by atoms with Gasteiger partial charge in [0, 0.05) is 11.3 Å². The highest BCUT2D eigenvalue weighted by atomic mass is 16.2. The first kappa shape index (κ1) is 16.4. The maximum Gasteiger partial charge on any atom is 0.244 e. The molecule has 5 aliphatic rings. The Morgan fingerprint density at radius 2 is 1.56 bits per heavy atom. The number of Topliss-reactive ketones (excluding diaryl/α,β-unsaturated/α-hetero) is 1. The van der Waals surface area contributed by atoms with Gasteiger partial charge in [0.1, 0.15) is 6.54 Å². The Morgan fingerprint density at radius 1 is 1.00 bits per heavy atom. The normalized spacial score (nSPS) is 35.1. The smallest absolute Gasteiger partial charge is 0.244 e. The monoisotopic (exact) mass is 364 g/mol. The highest BCUT2D eigenvalue weighted by Gasteiger charge is 2.67. The van der Waals surface area contributed by atoms with E-state index in [0.717, 1.165) is 11.3 Å². The predicted octanol–water partition coefficient (Wildman–Crippen LogP) is 1.88. The van der Waals surface area contributed by atoms with Crippen LogP contribution in [-0.2, 0) is 14.4 Å². The Balaban J connectivity index is 1.29. The average Bonchev–Trinajstić information content (AvgIpc) is 3.43. The summed E-state index contributed by atoms with van der Waals surface area (Å²) in [6.45, 7) is 1.22. The lowest BCUT2D eigenvalue weighted by atomic mass is 9.63. The van der Waals surface area contributed by atoms with Gasteiger partial charge in [0.15, 0.2) is 5.78 Å². The third-order valence-corrected chi connectivity index (χ3v) is 6.63. The molecule has 2 saturated carbocycles. The molecule has 6 heteroatoms. The summed E-state index contributed by atoms with van der Waals surface area (Å²) in [7, 11) is 0. The summed E-state index contributed by atoms with van der Waals surface area (Å²) < 4.78 is 0. The maximum absolute atomic E-state index is 12.9. The number of nitrogens with one attached hydrogen (secondary N) is 1. The molecule has 0 spiro atoms. The fraction of sp³-hybridized carbons (Fsp3) is 0.429. The van der Waals surface area contributed by atoms with Crippen molar-refractivity contribution in [2.45, 2.75) is 13.3 Å². The number of allylic oxidation sites excluding steroid dienone is 2. The van der Waals surface area contributed by atoms with Crippen LogP contribution in [0.4, 0.5) is 5.69 Å². The van der Waals surface area contributed by atoms with Crippen LogP contribution in [0.3, 0.4) is 0 Å². The molecular formula is C21H20N2O4. The Kier molecular flexibility index (Phi) is 3.41. The van der Waals surface area contributed by atoms with E-state index in [1.165, 1.54) is 6.92 Å². The van der Waals surface area contributed by atoms with E-state index in [9.17, 15) is 19.2 Å². The molecule has 0 radical (unpaired) electrons. The van der Waals surface area contributed by atoms with E-state index >= 15 is 0 Å². The third-order valence-electron chi connectivity index (χ3n) is 6.63. The lowest BCUT2D eigenvalue weighted by molar-refractivity contribution is -0.142. The largest absolute Gasteiger partial charge is 0.325 e. The molecule has 138 valence electrons. The second-order valence-corrected chi connectivity index (χ2v) is 8.10. The third kappa shape index (κ3) is 2.39. The van der Waals surface area contributed by atoms with Gasteiger partial charge in [-0.2, -0.15) is 0 Å². The van der Waals surface area contributed by atoms with Gasteiger partial charge >= 0.3 is 0 Å². The minimum atomic E-state index is -0.406. The van der Waals surface area contributed by atoms with Crippen molar-refractivity contribution in [2.75, 3.05) is 11.9 Å². The minimum Gasteiger partial charge on any atom is -0.325 e. The van der Waals surface area contributed by atoms with Crippen LogP contribution in [0.15, 0.2) is 36.4 Å². The molecule has 6 atom stereocenters. The minimum absolute atomic E-state index is 0.0509. The topological polar surface area (TPSA) is 83.6 Å². The number of hydrogen-bond acceptors (Lipinski definition) is 4. The Morgan fingerprint density at radius 3 is 2.07 bits per heavy atom. The number of nitrogens with zero attached hydrogens (tertiary/aromatic N) is 1. The van der Waals surface area contributed by atoms with Crippen molar-refractivity contribution in [3.63, 3.8) is 0 Å².